The minimum atomic E-state index is 0.0405. The SMILES string of the molecule is COC[C@@H](N)c1cc(C)cs1. The zero-order valence-electron chi connectivity index (χ0n) is 6.83. The minimum absolute atomic E-state index is 0.0405. The standard InChI is InChI=1S/C8H13NOS/c1-6-3-8(11-5-6)7(9)4-10-2/h3,5,7H,4,9H2,1-2H3/t7-/m1/s1. The van der Waals surface area contributed by atoms with Crippen molar-refractivity contribution in [3.05, 3.63) is 21.9 Å². The van der Waals surface area contributed by atoms with E-state index in [0.717, 1.165) is 0 Å². The van der Waals surface area contributed by atoms with E-state index < -0.39 is 0 Å². The summed E-state index contributed by atoms with van der Waals surface area (Å²) in [7, 11) is 1.67. The predicted molar refractivity (Wildman–Crippen MR) is 47.9 cm³/mol. The molecule has 1 aromatic heterocycles. The van der Waals surface area contributed by atoms with E-state index in [1.807, 2.05) is 0 Å². The fourth-order valence-corrected chi connectivity index (χ4v) is 1.80. The summed E-state index contributed by atoms with van der Waals surface area (Å²) < 4.78 is 4.95. The summed E-state index contributed by atoms with van der Waals surface area (Å²) in [5.41, 5.74) is 7.08. The van der Waals surface area contributed by atoms with Crippen LogP contribution in [0, 0.1) is 6.92 Å². The normalized spacial score (nSPS) is 13.4. The van der Waals surface area contributed by atoms with Gasteiger partial charge in [0, 0.05) is 12.0 Å². The van der Waals surface area contributed by atoms with Crippen molar-refractivity contribution in [3.8, 4) is 0 Å². The number of methoxy groups -OCH3 is 1. The zero-order chi connectivity index (χ0) is 8.27. The van der Waals surface area contributed by atoms with Gasteiger partial charge < -0.3 is 10.5 Å². The molecule has 3 heteroatoms. The second-order valence-electron chi connectivity index (χ2n) is 2.59. The summed E-state index contributed by atoms with van der Waals surface area (Å²) in [6.45, 7) is 2.67. The van der Waals surface area contributed by atoms with E-state index in [-0.39, 0.29) is 6.04 Å². The van der Waals surface area contributed by atoms with Gasteiger partial charge in [0.05, 0.1) is 12.6 Å². The Balaban J connectivity index is 2.60. The van der Waals surface area contributed by atoms with Crippen LogP contribution in [0.3, 0.4) is 0 Å². The average Bonchev–Trinajstić information content (AvgIpc) is 2.36. The van der Waals surface area contributed by atoms with Gasteiger partial charge in [-0.2, -0.15) is 0 Å². The Morgan fingerprint density at radius 2 is 2.45 bits per heavy atom. The Morgan fingerprint density at radius 3 is 2.91 bits per heavy atom. The number of hydrogen-bond donors (Lipinski definition) is 1. The van der Waals surface area contributed by atoms with Gasteiger partial charge in [-0.25, -0.2) is 0 Å². The molecule has 0 saturated heterocycles. The van der Waals surface area contributed by atoms with Crippen molar-refractivity contribution < 1.29 is 4.74 Å². The first-order valence-electron chi connectivity index (χ1n) is 3.53. The van der Waals surface area contributed by atoms with E-state index in [1.165, 1.54) is 10.4 Å². The van der Waals surface area contributed by atoms with Gasteiger partial charge in [-0.3, -0.25) is 0 Å². The van der Waals surface area contributed by atoms with Crippen LogP contribution >= 0.6 is 11.3 Å². The lowest BCUT2D eigenvalue weighted by Crippen LogP contribution is -2.14. The molecule has 0 aromatic carbocycles. The molecule has 0 bridgehead atoms. The van der Waals surface area contributed by atoms with E-state index in [9.17, 15) is 0 Å². The van der Waals surface area contributed by atoms with E-state index in [4.69, 9.17) is 10.5 Å². The molecule has 0 radical (unpaired) electrons. The summed E-state index contributed by atoms with van der Waals surface area (Å²) in [6.07, 6.45) is 0. The largest absolute Gasteiger partial charge is 0.383 e. The van der Waals surface area contributed by atoms with Gasteiger partial charge in [-0.15, -0.1) is 11.3 Å². The summed E-state index contributed by atoms with van der Waals surface area (Å²) in [5.74, 6) is 0. The Morgan fingerprint density at radius 1 is 1.73 bits per heavy atom. The molecule has 0 aliphatic rings. The van der Waals surface area contributed by atoms with Crippen molar-refractivity contribution in [2.75, 3.05) is 13.7 Å². The first-order chi connectivity index (χ1) is 5.24. The van der Waals surface area contributed by atoms with Crippen molar-refractivity contribution in [1.82, 2.24) is 0 Å². The molecule has 0 fully saturated rings. The summed E-state index contributed by atoms with van der Waals surface area (Å²) in [6, 6.07) is 2.15. The van der Waals surface area contributed by atoms with Crippen molar-refractivity contribution in [2.24, 2.45) is 5.73 Å². The van der Waals surface area contributed by atoms with Crippen LogP contribution < -0.4 is 5.73 Å². The molecule has 0 aliphatic heterocycles. The maximum Gasteiger partial charge on any atom is 0.0663 e. The average molecular weight is 171 g/mol. The van der Waals surface area contributed by atoms with Gasteiger partial charge in [0.25, 0.3) is 0 Å². The van der Waals surface area contributed by atoms with Gasteiger partial charge in [0.15, 0.2) is 0 Å². The third-order valence-electron chi connectivity index (χ3n) is 1.46. The molecular formula is C8H13NOS. The third-order valence-corrected chi connectivity index (χ3v) is 2.64. The lowest BCUT2D eigenvalue weighted by atomic mass is 10.2. The van der Waals surface area contributed by atoms with Crippen molar-refractivity contribution >= 4 is 11.3 Å². The number of aryl methyl sites for hydroxylation is 1. The van der Waals surface area contributed by atoms with Crippen LogP contribution in [0.1, 0.15) is 16.5 Å². The number of nitrogens with two attached hydrogens (primary N) is 1. The van der Waals surface area contributed by atoms with Crippen LogP contribution in [0.5, 0.6) is 0 Å². The molecule has 0 saturated carbocycles. The number of thiophene rings is 1. The lowest BCUT2D eigenvalue weighted by molar-refractivity contribution is 0.182. The highest BCUT2D eigenvalue weighted by Gasteiger charge is 2.06. The Labute approximate surface area is 71.0 Å². The van der Waals surface area contributed by atoms with E-state index in [2.05, 4.69) is 18.4 Å². The fraction of sp³-hybridized carbons (Fsp3) is 0.500. The summed E-state index contributed by atoms with van der Waals surface area (Å²) in [4.78, 5) is 1.20. The number of ether oxygens (including phenoxy) is 1. The second-order valence-corrected chi connectivity index (χ2v) is 3.53. The summed E-state index contributed by atoms with van der Waals surface area (Å²) in [5, 5.41) is 2.10. The molecular weight excluding hydrogens is 158 g/mol. The van der Waals surface area contributed by atoms with Crippen molar-refractivity contribution in [2.45, 2.75) is 13.0 Å². The van der Waals surface area contributed by atoms with Gasteiger partial charge in [-0.05, 0) is 23.9 Å². The predicted octanol–water partition coefficient (Wildman–Crippen LogP) is 1.70. The van der Waals surface area contributed by atoms with Crippen molar-refractivity contribution in [3.63, 3.8) is 0 Å². The first kappa shape index (κ1) is 8.71. The molecule has 1 heterocycles. The van der Waals surface area contributed by atoms with Gasteiger partial charge >= 0.3 is 0 Å². The zero-order valence-corrected chi connectivity index (χ0v) is 7.65. The van der Waals surface area contributed by atoms with E-state index in [1.54, 1.807) is 18.4 Å². The highest BCUT2D eigenvalue weighted by atomic mass is 32.1. The van der Waals surface area contributed by atoms with Gasteiger partial charge in [0.2, 0.25) is 0 Å². The smallest absolute Gasteiger partial charge is 0.0663 e. The van der Waals surface area contributed by atoms with Gasteiger partial charge in [0.1, 0.15) is 0 Å². The maximum absolute atomic E-state index is 5.80. The Hall–Kier alpha value is -0.380. The maximum atomic E-state index is 5.80. The molecule has 62 valence electrons. The quantitative estimate of drug-likeness (QED) is 0.751. The van der Waals surface area contributed by atoms with Crippen LogP contribution in [0.25, 0.3) is 0 Å². The van der Waals surface area contributed by atoms with Crippen LogP contribution in [0.2, 0.25) is 0 Å². The molecule has 1 atom stereocenters. The van der Waals surface area contributed by atoms with Gasteiger partial charge in [-0.1, -0.05) is 0 Å². The topological polar surface area (TPSA) is 35.2 Å². The summed E-state index contributed by atoms with van der Waals surface area (Å²) >= 11 is 1.69. The molecule has 0 aliphatic carbocycles. The van der Waals surface area contributed by atoms with Crippen LogP contribution in [-0.4, -0.2) is 13.7 Å². The molecule has 1 rings (SSSR count). The first-order valence-corrected chi connectivity index (χ1v) is 4.41. The minimum Gasteiger partial charge on any atom is -0.383 e. The Kier molecular flexibility index (Phi) is 3.05. The van der Waals surface area contributed by atoms with Crippen LogP contribution in [0.15, 0.2) is 11.4 Å². The molecule has 2 nitrogen and oxygen atoms in total. The van der Waals surface area contributed by atoms with E-state index in [0.29, 0.717) is 6.61 Å². The van der Waals surface area contributed by atoms with Crippen molar-refractivity contribution in [1.29, 1.82) is 0 Å². The highest BCUT2D eigenvalue weighted by Crippen LogP contribution is 2.19. The molecule has 0 spiro atoms. The molecule has 11 heavy (non-hydrogen) atoms. The molecule has 2 N–H and O–H groups in total. The molecule has 0 unspecified atom stereocenters. The number of hydrogen-bond acceptors (Lipinski definition) is 3. The monoisotopic (exact) mass is 171 g/mol. The Bertz CT molecular complexity index is 222. The third kappa shape index (κ3) is 2.29. The van der Waals surface area contributed by atoms with Crippen LogP contribution in [0.4, 0.5) is 0 Å². The number of rotatable bonds is 3. The fourth-order valence-electron chi connectivity index (χ4n) is 0.910. The van der Waals surface area contributed by atoms with Crippen LogP contribution in [-0.2, 0) is 4.74 Å². The molecule has 1 aromatic rings. The lowest BCUT2D eigenvalue weighted by Gasteiger charge is -2.06. The second kappa shape index (κ2) is 3.85. The molecule has 0 amide bonds. The highest BCUT2D eigenvalue weighted by molar-refractivity contribution is 7.10. The van der Waals surface area contributed by atoms with E-state index >= 15 is 0 Å².